The van der Waals surface area contributed by atoms with Crippen molar-refractivity contribution in [3.05, 3.63) is 44.9 Å². The van der Waals surface area contributed by atoms with Crippen molar-refractivity contribution < 1.29 is 23.1 Å². The van der Waals surface area contributed by atoms with Crippen molar-refractivity contribution in [2.45, 2.75) is 12.7 Å². The lowest BCUT2D eigenvalue weighted by atomic mass is 10.1. The minimum absolute atomic E-state index is 0.0188. The Hall–Kier alpha value is -1.80. The van der Waals surface area contributed by atoms with Gasteiger partial charge in [-0.25, -0.2) is 9.78 Å². The Bertz CT molecular complexity index is 673. The lowest BCUT2D eigenvalue weighted by Gasteiger charge is -2.14. The summed E-state index contributed by atoms with van der Waals surface area (Å²) in [6.45, 7) is -0.0194. The molecule has 0 spiro atoms. The van der Waals surface area contributed by atoms with E-state index in [1.807, 2.05) is 0 Å². The van der Waals surface area contributed by atoms with Crippen molar-refractivity contribution in [1.82, 2.24) is 4.98 Å². The number of anilines is 1. The van der Waals surface area contributed by atoms with Crippen LogP contribution < -0.4 is 5.32 Å². The van der Waals surface area contributed by atoms with Gasteiger partial charge in [-0.3, -0.25) is 0 Å². The Morgan fingerprint density at radius 1 is 1.43 bits per heavy atom. The van der Waals surface area contributed by atoms with E-state index in [0.717, 1.165) is 17.4 Å². The number of hydrogen-bond acceptors (Lipinski definition) is 4. The zero-order valence-electron chi connectivity index (χ0n) is 10.2. The average molecular weight is 337 g/mol. The highest BCUT2D eigenvalue weighted by molar-refractivity contribution is 7.11. The largest absolute Gasteiger partial charge is 0.476 e. The van der Waals surface area contributed by atoms with Gasteiger partial charge in [-0.2, -0.15) is 13.2 Å². The van der Waals surface area contributed by atoms with Crippen LogP contribution in [0.15, 0.2) is 23.6 Å². The van der Waals surface area contributed by atoms with E-state index in [0.29, 0.717) is 5.69 Å². The molecular weight excluding hydrogens is 329 g/mol. The Kier molecular flexibility index (Phi) is 4.38. The molecule has 2 N–H and O–H groups in total. The van der Waals surface area contributed by atoms with E-state index in [1.165, 1.54) is 17.5 Å². The topological polar surface area (TPSA) is 62.2 Å². The number of aromatic nitrogens is 1. The van der Waals surface area contributed by atoms with Crippen LogP contribution in [0.4, 0.5) is 18.9 Å². The highest BCUT2D eigenvalue weighted by Crippen LogP contribution is 2.36. The van der Waals surface area contributed by atoms with Crippen molar-refractivity contribution in [1.29, 1.82) is 0 Å². The van der Waals surface area contributed by atoms with Crippen LogP contribution in [0.25, 0.3) is 0 Å². The fraction of sp³-hybridized carbons (Fsp3) is 0.167. The summed E-state index contributed by atoms with van der Waals surface area (Å²) >= 11 is 6.49. The Morgan fingerprint density at radius 2 is 2.14 bits per heavy atom. The summed E-state index contributed by atoms with van der Waals surface area (Å²) in [4.78, 5) is 14.5. The van der Waals surface area contributed by atoms with Gasteiger partial charge in [0, 0.05) is 16.1 Å². The summed E-state index contributed by atoms with van der Waals surface area (Å²) in [5.74, 6) is -1.17. The number of rotatable bonds is 4. The number of benzene rings is 1. The number of hydrogen-bond donors (Lipinski definition) is 2. The fourth-order valence-electron chi connectivity index (χ4n) is 1.58. The molecule has 0 aliphatic carbocycles. The van der Waals surface area contributed by atoms with Gasteiger partial charge in [-0.05, 0) is 18.2 Å². The van der Waals surface area contributed by atoms with Gasteiger partial charge in [0.05, 0.1) is 17.8 Å². The summed E-state index contributed by atoms with van der Waals surface area (Å²) < 4.78 is 38.6. The summed E-state index contributed by atoms with van der Waals surface area (Å²) in [5.41, 5.74) is -0.680. The number of alkyl halides is 3. The molecule has 0 bridgehead atoms. The molecule has 0 aliphatic heterocycles. The normalized spacial score (nSPS) is 11.4. The van der Waals surface area contributed by atoms with Gasteiger partial charge in [-0.1, -0.05) is 11.6 Å². The van der Waals surface area contributed by atoms with Crippen LogP contribution in [-0.2, 0) is 12.7 Å². The molecule has 1 aromatic carbocycles. The van der Waals surface area contributed by atoms with Crippen LogP contribution in [0.5, 0.6) is 0 Å². The molecule has 0 aliphatic rings. The maximum absolute atomic E-state index is 12.9. The highest BCUT2D eigenvalue weighted by atomic mass is 35.5. The van der Waals surface area contributed by atoms with Crippen molar-refractivity contribution >= 4 is 34.6 Å². The van der Waals surface area contributed by atoms with Gasteiger partial charge >= 0.3 is 12.1 Å². The third-order valence-corrected chi connectivity index (χ3v) is 3.60. The van der Waals surface area contributed by atoms with Gasteiger partial charge in [-0.15, -0.1) is 11.3 Å². The highest BCUT2D eigenvalue weighted by Gasteiger charge is 2.33. The quantitative estimate of drug-likeness (QED) is 0.881. The summed E-state index contributed by atoms with van der Waals surface area (Å²) in [5, 5.41) is 12.7. The van der Waals surface area contributed by atoms with Crippen molar-refractivity contribution in [2.24, 2.45) is 0 Å². The first-order chi connectivity index (χ1) is 9.77. The van der Waals surface area contributed by atoms with Gasteiger partial charge in [0.15, 0.2) is 0 Å². The van der Waals surface area contributed by atoms with Gasteiger partial charge < -0.3 is 10.4 Å². The van der Waals surface area contributed by atoms with Gasteiger partial charge in [0.25, 0.3) is 0 Å². The van der Waals surface area contributed by atoms with E-state index in [9.17, 15) is 18.0 Å². The van der Waals surface area contributed by atoms with E-state index < -0.39 is 17.7 Å². The fourth-order valence-corrected chi connectivity index (χ4v) is 2.40. The summed E-state index contributed by atoms with van der Waals surface area (Å²) in [7, 11) is 0. The molecule has 4 nitrogen and oxygen atoms in total. The van der Waals surface area contributed by atoms with Crippen molar-refractivity contribution in [3.63, 3.8) is 0 Å². The number of carbonyl (C=O) groups is 1. The molecule has 0 fully saturated rings. The maximum atomic E-state index is 12.9. The Balaban J connectivity index is 2.18. The SMILES string of the molecule is O=C(O)c1nc(CNc2ccc(Cl)cc2C(F)(F)F)cs1. The smallest absolute Gasteiger partial charge is 0.418 e. The first-order valence-corrected chi connectivity index (χ1v) is 6.81. The number of halogens is 4. The van der Waals surface area contributed by atoms with Crippen LogP contribution in [0.1, 0.15) is 21.1 Å². The Morgan fingerprint density at radius 3 is 2.71 bits per heavy atom. The third kappa shape index (κ3) is 3.85. The number of nitrogens with one attached hydrogen (secondary N) is 1. The molecule has 2 aromatic rings. The molecule has 1 aromatic heterocycles. The number of aromatic carboxylic acids is 1. The van der Waals surface area contributed by atoms with E-state index in [4.69, 9.17) is 16.7 Å². The minimum Gasteiger partial charge on any atom is -0.476 e. The molecule has 1 heterocycles. The second-order valence-electron chi connectivity index (χ2n) is 3.99. The predicted molar refractivity (Wildman–Crippen MR) is 72.9 cm³/mol. The number of nitrogens with zero attached hydrogens (tertiary/aromatic N) is 1. The second kappa shape index (κ2) is 5.90. The molecule has 21 heavy (non-hydrogen) atoms. The van der Waals surface area contributed by atoms with Crippen LogP contribution in [-0.4, -0.2) is 16.1 Å². The molecule has 0 saturated carbocycles. The molecule has 0 radical (unpaired) electrons. The molecule has 0 atom stereocenters. The number of thiazole rings is 1. The monoisotopic (exact) mass is 336 g/mol. The molecule has 9 heteroatoms. The van der Waals surface area contributed by atoms with Crippen LogP contribution in [0, 0.1) is 0 Å². The van der Waals surface area contributed by atoms with Crippen LogP contribution in [0.2, 0.25) is 5.02 Å². The predicted octanol–water partition coefficient (Wildman–Crippen LogP) is 4.13. The van der Waals surface area contributed by atoms with Gasteiger partial charge in [0.2, 0.25) is 5.01 Å². The minimum atomic E-state index is -4.54. The lowest BCUT2D eigenvalue weighted by Crippen LogP contribution is -2.11. The second-order valence-corrected chi connectivity index (χ2v) is 5.28. The molecule has 0 unspecified atom stereocenters. The van der Waals surface area contributed by atoms with Crippen LogP contribution in [0.3, 0.4) is 0 Å². The van der Waals surface area contributed by atoms with Gasteiger partial charge in [0.1, 0.15) is 0 Å². The lowest BCUT2D eigenvalue weighted by molar-refractivity contribution is -0.137. The zero-order chi connectivity index (χ0) is 15.6. The zero-order valence-corrected chi connectivity index (χ0v) is 11.8. The number of carboxylic acid groups (broad SMARTS) is 1. The standard InChI is InChI=1S/C12H8ClF3N2O2S/c13-6-1-2-9(8(3-6)12(14,15)16)17-4-7-5-21-10(18-7)11(19)20/h1-3,5,17H,4H2,(H,19,20). The maximum Gasteiger partial charge on any atom is 0.418 e. The van der Waals surface area contributed by atoms with Crippen molar-refractivity contribution in [2.75, 3.05) is 5.32 Å². The average Bonchev–Trinajstić information content (AvgIpc) is 2.85. The Labute approximate surface area is 126 Å². The van der Waals surface area contributed by atoms with E-state index in [-0.39, 0.29) is 22.3 Å². The molecule has 0 saturated heterocycles. The van der Waals surface area contributed by atoms with Crippen molar-refractivity contribution in [3.8, 4) is 0 Å². The summed E-state index contributed by atoms with van der Waals surface area (Å²) in [6.07, 6.45) is -4.54. The number of carboxylic acids is 1. The summed E-state index contributed by atoms with van der Waals surface area (Å²) in [6, 6.07) is 3.38. The first kappa shape index (κ1) is 15.6. The molecule has 2 rings (SSSR count). The molecular formula is C12H8ClF3N2O2S. The van der Waals surface area contributed by atoms with E-state index >= 15 is 0 Å². The third-order valence-electron chi connectivity index (χ3n) is 2.48. The van der Waals surface area contributed by atoms with Crippen LogP contribution >= 0.6 is 22.9 Å². The molecule has 112 valence electrons. The van der Waals surface area contributed by atoms with E-state index in [1.54, 1.807) is 0 Å². The molecule has 0 amide bonds. The van der Waals surface area contributed by atoms with E-state index in [2.05, 4.69) is 10.3 Å². The first-order valence-electron chi connectivity index (χ1n) is 5.55.